The van der Waals surface area contributed by atoms with Crippen LogP contribution in [0.3, 0.4) is 0 Å². The number of aliphatic hydroxyl groups is 1. The Kier molecular flexibility index (Phi) is 7.33. The number of aryl methyl sites for hydroxylation is 1. The SMILES string of the molecule is COc1ccc(CCC2(C3CCCC3)CC(O)=C(Sc3nnc(O)n3C(C)C)C(=O)O2)cc1Cl. The lowest BCUT2D eigenvalue weighted by atomic mass is 9.77. The van der Waals surface area contributed by atoms with Gasteiger partial charge in [-0.25, -0.2) is 4.79 Å². The van der Waals surface area contributed by atoms with Crippen LogP contribution in [0, 0.1) is 5.92 Å². The molecule has 2 N–H and O–H groups in total. The molecule has 1 aromatic heterocycles. The molecule has 0 bridgehead atoms. The van der Waals surface area contributed by atoms with Crippen molar-refractivity contribution in [2.75, 3.05) is 7.11 Å². The Morgan fingerprint density at radius 1 is 1.29 bits per heavy atom. The number of carbonyl (C=O) groups excluding carboxylic acids is 1. The van der Waals surface area contributed by atoms with Crippen molar-refractivity contribution in [3.8, 4) is 11.8 Å². The molecule has 2 aliphatic rings. The zero-order chi connectivity index (χ0) is 24.5. The summed E-state index contributed by atoms with van der Waals surface area (Å²) in [6, 6.07) is 5.31. The Morgan fingerprint density at radius 2 is 2.03 bits per heavy atom. The van der Waals surface area contributed by atoms with Crippen molar-refractivity contribution < 1.29 is 24.5 Å². The number of carbonyl (C=O) groups is 1. The first-order valence-corrected chi connectivity index (χ1v) is 12.7. The van der Waals surface area contributed by atoms with Crippen LogP contribution < -0.4 is 4.74 Å². The molecular weight excluding hydrogens is 478 g/mol. The Bertz CT molecular complexity index is 1100. The quantitative estimate of drug-likeness (QED) is 0.445. The summed E-state index contributed by atoms with van der Waals surface area (Å²) >= 11 is 7.27. The Balaban J connectivity index is 1.59. The van der Waals surface area contributed by atoms with Gasteiger partial charge in [0.2, 0.25) is 0 Å². The molecule has 1 aliphatic carbocycles. The van der Waals surface area contributed by atoms with E-state index in [1.54, 1.807) is 7.11 Å². The molecule has 8 nitrogen and oxygen atoms in total. The van der Waals surface area contributed by atoms with Gasteiger partial charge in [0.25, 0.3) is 0 Å². The van der Waals surface area contributed by atoms with Crippen molar-refractivity contribution >= 4 is 29.3 Å². The van der Waals surface area contributed by atoms with Crippen molar-refractivity contribution in [1.29, 1.82) is 0 Å². The fourth-order valence-electron chi connectivity index (χ4n) is 4.98. The van der Waals surface area contributed by atoms with Gasteiger partial charge < -0.3 is 19.7 Å². The normalized spacial score (nSPS) is 21.4. The molecule has 1 aliphatic heterocycles. The highest BCUT2D eigenvalue weighted by Crippen LogP contribution is 2.48. The number of aromatic hydroxyl groups is 1. The second kappa shape index (κ2) is 10.1. The van der Waals surface area contributed by atoms with E-state index in [-0.39, 0.29) is 35.1 Å². The molecule has 0 spiro atoms. The molecule has 0 radical (unpaired) electrons. The number of halogens is 1. The van der Waals surface area contributed by atoms with E-state index in [0.717, 1.165) is 43.0 Å². The molecule has 1 saturated carbocycles. The number of thioether (sulfide) groups is 1. The molecule has 2 aromatic rings. The second-order valence-corrected chi connectivity index (χ2v) is 10.6. The zero-order valence-electron chi connectivity index (χ0n) is 19.6. The third kappa shape index (κ3) is 4.86. The molecule has 4 rings (SSSR count). The van der Waals surface area contributed by atoms with Gasteiger partial charge in [-0.05, 0) is 74.9 Å². The third-order valence-electron chi connectivity index (χ3n) is 6.72. The predicted octanol–water partition coefficient (Wildman–Crippen LogP) is 5.60. The molecule has 0 amide bonds. The number of hydrogen-bond donors (Lipinski definition) is 2. The fraction of sp³-hybridized carbons (Fsp3) is 0.542. The largest absolute Gasteiger partial charge is 0.511 e. The number of rotatable bonds is 8. The van der Waals surface area contributed by atoms with Crippen LogP contribution in [0.5, 0.6) is 11.8 Å². The summed E-state index contributed by atoms with van der Waals surface area (Å²) in [6.07, 6.45) is 5.57. The first kappa shape index (κ1) is 24.7. The minimum Gasteiger partial charge on any atom is -0.511 e. The molecule has 1 atom stereocenters. The maximum atomic E-state index is 13.2. The summed E-state index contributed by atoms with van der Waals surface area (Å²) in [5.41, 5.74) is 0.241. The number of hydrogen-bond acceptors (Lipinski definition) is 8. The molecule has 1 aromatic carbocycles. The average molecular weight is 508 g/mol. The maximum Gasteiger partial charge on any atom is 0.349 e. The zero-order valence-corrected chi connectivity index (χ0v) is 21.2. The van der Waals surface area contributed by atoms with E-state index in [9.17, 15) is 15.0 Å². The van der Waals surface area contributed by atoms with Gasteiger partial charge in [0.1, 0.15) is 22.0 Å². The van der Waals surface area contributed by atoms with E-state index >= 15 is 0 Å². The van der Waals surface area contributed by atoms with Gasteiger partial charge in [0.15, 0.2) is 5.16 Å². The first-order chi connectivity index (χ1) is 16.2. The highest BCUT2D eigenvalue weighted by molar-refractivity contribution is 8.03. The predicted molar refractivity (Wildman–Crippen MR) is 129 cm³/mol. The minimum atomic E-state index is -0.776. The molecule has 1 fully saturated rings. The number of nitrogens with zero attached hydrogens (tertiary/aromatic N) is 3. The van der Waals surface area contributed by atoms with Gasteiger partial charge >= 0.3 is 12.0 Å². The van der Waals surface area contributed by atoms with Crippen LogP contribution in [-0.2, 0) is 16.0 Å². The van der Waals surface area contributed by atoms with Crippen LogP contribution >= 0.6 is 23.4 Å². The summed E-state index contributed by atoms with van der Waals surface area (Å²) in [5, 5.41) is 29.6. The number of methoxy groups -OCH3 is 1. The second-order valence-electron chi connectivity index (χ2n) is 9.21. The average Bonchev–Trinajstić information content (AvgIpc) is 3.45. The number of esters is 1. The fourth-order valence-corrected chi connectivity index (χ4v) is 6.23. The van der Waals surface area contributed by atoms with Gasteiger partial charge in [-0.15, -0.1) is 5.10 Å². The Morgan fingerprint density at radius 3 is 2.65 bits per heavy atom. The molecule has 0 saturated heterocycles. The third-order valence-corrected chi connectivity index (χ3v) is 8.08. The van der Waals surface area contributed by atoms with Crippen LogP contribution in [-0.4, -0.2) is 43.7 Å². The molecular formula is C24H30ClN3O5S. The minimum absolute atomic E-state index is 0.00120. The highest BCUT2D eigenvalue weighted by Gasteiger charge is 2.48. The van der Waals surface area contributed by atoms with Crippen LogP contribution in [0.1, 0.15) is 64.0 Å². The Hall–Kier alpha value is -2.39. The molecule has 1 unspecified atom stereocenters. The lowest BCUT2D eigenvalue weighted by Crippen LogP contribution is -2.45. The summed E-state index contributed by atoms with van der Waals surface area (Å²) in [7, 11) is 1.58. The van der Waals surface area contributed by atoms with Crippen LogP contribution in [0.15, 0.2) is 34.0 Å². The molecule has 34 heavy (non-hydrogen) atoms. The van der Waals surface area contributed by atoms with E-state index in [1.165, 1.54) is 4.57 Å². The first-order valence-electron chi connectivity index (χ1n) is 11.5. The van der Waals surface area contributed by atoms with Crippen LogP contribution in [0.2, 0.25) is 5.02 Å². The van der Waals surface area contributed by atoms with Crippen molar-refractivity contribution in [1.82, 2.24) is 14.8 Å². The van der Waals surface area contributed by atoms with Crippen LogP contribution in [0.4, 0.5) is 0 Å². The number of benzene rings is 1. The molecule has 10 heteroatoms. The van der Waals surface area contributed by atoms with E-state index < -0.39 is 11.6 Å². The van der Waals surface area contributed by atoms with E-state index in [1.807, 2.05) is 32.0 Å². The van der Waals surface area contributed by atoms with Crippen molar-refractivity contribution in [2.45, 2.75) is 75.6 Å². The summed E-state index contributed by atoms with van der Waals surface area (Å²) < 4.78 is 12.9. The lowest BCUT2D eigenvalue weighted by Gasteiger charge is -2.41. The van der Waals surface area contributed by atoms with Gasteiger partial charge in [-0.2, -0.15) is 0 Å². The van der Waals surface area contributed by atoms with Crippen LogP contribution in [0.25, 0.3) is 0 Å². The topological polar surface area (TPSA) is 107 Å². The number of cyclic esters (lactones) is 1. The molecule has 184 valence electrons. The summed E-state index contributed by atoms with van der Waals surface area (Å²) in [6.45, 7) is 3.74. The van der Waals surface area contributed by atoms with Gasteiger partial charge in [-0.3, -0.25) is 4.57 Å². The van der Waals surface area contributed by atoms with E-state index in [4.69, 9.17) is 21.1 Å². The molecule has 2 heterocycles. The van der Waals surface area contributed by atoms with Gasteiger partial charge in [0, 0.05) is 12.5 Å². The van der Waals surface area contributed by atoms with Gasteiger partial charge in [-0.1, -0.05) is 35.6 Å². The standard InChI is InChI=1S/C24H30ClN3O5S/c1-14(2)28-22(31)26-27-23(28)34-20-18(29)13-24(33-21(20)30,16-6-4-5-7-16)11-10-15-8-9-19(32-3)17(25)12-15/h8-9,12,14,16,29H,4-7,10-11,13H2,1-3H3,(H,26,31). The number of aliphatic hydroxyl groups excluding tert-OH is 1. The summed E-state index contributed by atoms with van der Waals surface area (Å²) in [5.74, 6) is 0.231. The van der Waals surface area contributed by atoms with Crippen molar-refractivity contribution in [3.63, 3.8) is 0 Å². The van der Waals surface area contributed by atoms with E-state index in [2.05, 4.69) is 10.2 Å². The monoisotopic (exact) mass is 507 g/mol. The summed E-state index contributed by atoms with van der Waals surface area (Å²) in [4.78, 5) is 13.3. The Labute approximate surface area is 208 Å². The lowest BCUT2D eigenvalue weighted by molar-refractivity contribution is -0.166. The van der Waals surface area contributed by atoms with Gasteiger partial charge in [0.05, 0.1) is 12.1 Å². The van der Waals surface area contributed by atoms with E-state index in [0.29, 0.717) is 28.8 Å². The maximum absolute atomic E-state index is 13.2. The smallest absolute Gasteiger partial charge is 0.349 e. The number of ether oxygens (including phenoxy) is 2. The number of aromatic nitrogens is 3. The highest BCUT2D eigenvalue weighted by atomic mass is 35.5. The van der Waals surface area contributed by atoms with Crippen molar-refractivity contribution in [3.05, 3.63) is 39.4 Å². The van der Waals surface area contributed by atoms with Crippen molar-refractivity contribution in [2.24, 2.45) is 5.92 Å².